The number of aliphatic hydroxyl groups is 3. The van der Waals surface area contributed by atoms with Crippen LogP contribution in [-0.2, 0) is 6.54 Å². The Hall–Kier alpha value is -3.87. The van der Waals surface area contributed by atoms with Gasteiger partial charge in [0, 0.05) is 17.8 Å². The van der Waals surface area contributed by atoms with Crippen molar-refractivity contribution < 1.29 is 24.9 Å². The Labute approximate surface area is 216 Å². The first-order valence-electron chi connectivity index (χ1n) is 11.4. The molecule has 1 aromatic heterocycles. The summed E-state index contributed by atoms with van der Waals surface area (Å²) in [6.45, 7) is -1.05. The lowest BCUT2D eigenvalue weighted by atomic mass is 10.0. The number of primary amides is 1. The van der Waals surface area contributed by atoms with Gasteiger partial charge in [-0.1, -0.05) is 53.8 Å². The summed E-state index contributed by atoms with van der Waals surface area (Å²) >= 11 is 1.10. The third-order valence-electron chi connectivity index (χ3n) is 5.88. The third kappa shape index (κ3) is 6.10. The van der Waals surface area contributed by atoms with Gasteiger partial charge in [-0.3, -0.25) is 9.59 Å². The molecule has 0 fully saturated rings. The van der Waals surface area contributed by atoms with Gasteiger partial charge in [-0.15, -0.1) is 0 Å². The van der Waals surface area contributed by atoms with Gasteiger partial charge in [0.25, 0.3) is 11.8 Å². The van der Waals surface area contributed by atoms with Crippen LogP contribution in [0, 0.1) is 0 Å². The van der Waals surface area contributed by atoms with Crippen LogP contribution in [0.5, 0.6) is 0 Å². The number of carbonyl (C=O) groups excluding carboxylic acids is 2. The normalized spacial score (nSPS) is 11.4. The molecule has 0 aliphatic carbocycles. The molecular weight excluding hydrogens is 494 g/mol. The molecule has 0 aliphatic rings. The molecule has 0 spiro atoms. The van der Waals surface area contributed by atoms with Gasteiger partial charge in [0.15, 0.2) is 10.8 Å². The molecule has 37 heavy (non-hydrogen) atoms. The SMILES string of the molecule is NC(=O)c1nc(Nc2ccc3ccccc3c2)sc1NC(=O)c1ccc(CNC(CO)(CO)CO)cc1. The van der Waals surface area contributed by atoms with Crippen LogP contribution in [0.1, 0.15) is 26.4 Å². The van der Waals surface area contributed by atoms with Crippen LogP contribution < -0.4 is 21.7 Å². The number of hydrogen-bond acceptors (Lipinski definition) is 9. The van der Waals surface area contributed by atoms with Crippen molar-refractivity contribution in [3.8, 4) is 0 Å². The highest BCUT2D eigenvalue weighted by Gasteiger charge is 2.27. The minimum Gasteiger partial charge on any atom is -0.394 e. The van der Waals surface area contributed by atoms with Crippen molar-refractivity contribution in [2.45, 2.75) is 12.1 Å². The van der Waals surface area contributed by atoms with E-state index in [9.17, 15) is 24.9 Å². The van der Waals surface area contributed by atoms with Crippen LogP contribution in [0.3, 0.4) is 0 Å². The molecule has 0 atom stereocenters. The summed E-state index contributed by atoms with van der Waals surface area (Å²) in [6.07, 6.45) is 0. The number of rotatable bonds is 11. The second-order valence-corrected chi connectivity index (χ2v) is 9.51. The molecule has 0 saturated heterocycles. The summed E-state index contributed by atoms with van der Waals surface area (Å²) in [6, 6.07) is 20.3. The molecule has 192 valence electrons. The zero-order valence-electron chi connectivity index (χ0n) is 19.8. The lowest BCUT2D eigenvalue weighted by Crippen LogP contribution is -2.54. The van der Waals surface area contributed by atoms with E-state index in [1.165, 1.54) is 0 Å². The molecule has 10 nitrogen and oxygen atoms in total. The molecule has 8 N–H and O–H groups in total. The molecule has 0 unspecified atom stereocenters. The van der Waals surface area contributed by atoms with Crippen molar-refractivity contribution in [2.75, 3.05) is 30.5 Å². The highest BCUT2D eigenvalue weighted by molar-refractivity contribution is 7.20. The van der Waals surface area contributed by atoms with Crippen molar-refractivity contribution >= 4 is 49.7 Å². The smallest absolute Gasteiger partial charge is 0.270 e. The number of amides is 2. The van der Waals surface area contributed by atoms with E-state index in [2.05, 4.69) is 20.9 Å². The second-order valence-electron chi connectivity index (χ2n) is 8.51. The maximum Gasteiger partial charge on any atom is 0.270 e. The molecule has 0 aliphatic heterocycles. The fourth-order valence-corrected chi connectivity index (χ4v) is 4.46. The third-order valence-corrected chi connectivity index (χ3v) is 6.77. The monoisotopic (exact) mass is 521 g/mol. The van der Waals surface area contributed by atoms with E-state index >= 15 is 0 Å². The number of aliphatic hydroxyl groups excluding tert-OH is 3. The van der Waals surface area contributed by atoms with Crippen LogP contribution in [0.4, 0.5) is 15.8 Å². The van der Waals surface area contributed by atoms with Crippen LogP contribution >= 0.6 is 11.3 Å². The van der Waals surface area contributed by atoms with Gasteiger partial charge in [0.2, 0.25) is 0 Å². The summed E-state index contributed by atoms with van der Waals surface area (Å²) in [5.41, 5.74) is 6.14. The summed E-state index contributed by atoms with van der Waals surface area (Å²) in [4.78, 5) is 29.1. The predicted molar refractivity (Wildman–Crippen MR) is 143 cm³/mol. The van der Waals surface area contributed by atoms with Crippen LogP contribution in [0.15, 0.2) is 66.7 Å². The Morgan fingerprint density at radius 1 is 0.919 bits per heavy atom. The molecule has 0 saturated carbocycles. The zero-order valence-corrected chi connectivity index (χ0v) is 20.6. The summed E-state index contributed by atoms with van der Waals surface area (Å²) in [5.74, 6) is -1.21. The number of fused-ring (bicyclic) bond motifs is 1. The lowest BCUT2D eigenvalue weighted by molar-refractivity contribution is 0.0414. The highest BCUT2D eigenvalue weighted by atomic mass is 32.1. The van der Waals surface area contributed by atoms with Gasteiger partial charge in [0.1, 0.15) is 5.00 Å². The first-order valence-corrected chi connectivity index (χ1v) is 12.2. The van der Waals surface area contributed by atoms with Gasteiger partial charge in [0.05, 0.1) is 25.4 Å². The van der Waals surface area contributed by atoms with Crippen molar-refractivity contribution in [1.29, 1.82) is 0 Å². The molecule has 0 bridgehead atoms. The highest BCUT2D eigenvalue weighted by Crippen LogP contribution is 2.32. The van der Waals surface area contributed by atoms with E-state index in [1.807, 2.05) is 42.5 Å². The van der Waals surface area contributed by atoms with Crippen LogP contribution in [0.2, 0.25) is 0 Å². The van der Waals surface area contributed by atoms with Gasteiger partial charge in [-0.05, 0) is 40.6 Å². The van der Waals surface area contributed by atoms with E-state index in [1.54, 1.807) is 24.3 Å². The van der Waals surface area contributed by atoms with Gasteiger partial charge >= 0.3 is 0 Å². The fourth-order valence-electron chi connectivity index (χ4n) is 3.57. The Bertz CT molecular complexity index is 1390. The van der Waals surface area contributed by atoms with E-state index < -0.39 is 37.2 Å². The molecule has 4 rings (SSSR count). The van der Waals surface area contributed by atoms with Crippen LogP contribution in [0.25, 0.3) is 10.8 Å². The van der Waals surface area contributed by atoms with Crippen molar-refractivity contribution in [2.24, 2.45) is 5.73 Å². The van der Waals surface area contributed by atoms with E-state index in [-0.39, 0.29) is 17.2 Å². The van der Waals surface area contributed by atoms with E-state index in [4.69, 9.17) is 5.73 Å². The average molecular weight is 522 g/mol. The minimum absolute atomic E-state index is 0.0455. The first kappa shape index (κ1) is 26.2. The van der Waals surface area contributed by atoms with Crippen molar-refractivity contribution in [1.82, 2.24) is 10.3 Å². The molecule has 11 heteroatoms. The predicted octanol–water partition coefficient (Wildman–Crippen LogP) is 2.20. The number of thiazole rings is 1. The number of benzene rings is 3. The standard InChI is InChI=1S/C26H27N5O5S/c27-22(35)21-24(37-25(30-21)29-20-10-9-17-3-1-2-4-19(17)11-20)31-23(36)18-7-5-16(6-8-18)12-28-26(13-32,14-33)15-34/h1-11,28,32-34H,12-15H2,(H2,27,35)(H,29,30)(H,31,36). The lowest BCUT2D eigenvalue weighted by Gasteiger charge is -2.28. The first-order chi connectivity index (χ1) is 17.9. The number of nitrogens with two attached hydrogens (primary N) is 1. The molecule has 0 radical (unpaired) electrons. The zero-order chi connectivity index (χ0) is 26.4. The molecule has 2 amide bonds. The van der Waals surface area contributed by atoms with Crippen LogP contribution in [-0.4, -0.2) is 57.5 Å². The van der Waals surface area contributed by atoms with Gasteiger partial charge in [-0.2, -0.15) is 0 Å². The minimum atomic E-state index is -1.20. The molecular formula is C26H27N5O5S. The Morgan fingerprint density at radius 2 is 1.59 bits per heavy atom. The maximum atomic E-state index is 12.9. The molecule has 4 aromatic rings. The average Bonchev–Trinajstić information content (AvgIpc) is 3.32. The number of nitrogens with one attached hydrogen (secondary N) is 3. The Kier molecular flexibility index (Phi) is 8.11. The molecule has 1 heterocycles. The number of hydrogen-bond donors (Lipinski definition) is 7. The summed E-state index contributed by atoms with van der Waals surface area (Å²) in [5, 5.41) is 39.8. The summed E-state index contributed by atoms with van der Waals surface area (Å²) in [7, 11) is 0. The van der Waals surface area contributed by atoms with Crippen molar-refractivity contribution in [3.05, 3.63) is 83.6 Å². The van der Waals surface area contributed by atoms with E-state index in [0.717, 1.165) is 33.4 Å². The number of anilines is 3. The van der Waals surface area contributed by atoms with Gasteiger partial charge < -0.3 is 37.0 Å². The van der Waals surface area contributed by atoms with E-state index in [0.29, 0.717) is 10.7 Å². The number of aromatic nitrogens is 1. The summed E-state index contributed by atoms with van der Waals surface area (Å²) < 4.78 is 0. The Morgan fingerprint density at radius 3 is 2.24 bits per heavy atom. The number of nitrogens with zero attached hydrogens (tertiary/aromatic N) is 1. The molecule has 3 aromatic carbocycles. The van der Waals surface area contributed by atoms with Gasteiger partial charge in [-0.25, -0.2) is 4.98 Å². The maximum absolute atomic E-state index is 12.9. The number of carbonyl (C=O) groups is 2. The van der Waals surface area contributed by atoms with Crippen molar-refractivity contribution in [3.63, 3.8) is 0 Å². The quantitative estimate of drug-likeness (QED) is 0.157. The second kappa shape index (κ2) is 11.5. The Balaban J connectivity index is 1.45. The topological polar surface area (TPSA) is 170 Å². The fraction of sp³-hybridized carbons (Fsp3) is 0.192. The largest absolute Gasteiger partial charge is 0.394 e.